The van der Waals surface area contributed by atoms with Crippen LogP contribution < -0.4 is 0 Å². The fraction of sp³-hybridized carbons (Fsp3) is 0.364. The molecule has 6 heteroatoms. The van der Waals surface area contributed by atoms with Crippen LogP contribution in [0.15, 0.2) is 18.2 Å². The molecular weight excluding hydrogens is 281 g/mol. The van der Waals surface area contributed by atoms with Crippen molar-refractivity contribution in [2.45, 2.75) is 12.1 Å². The lowest BCUT2D eigenvalue weighted by Crippen LogP contribution is -2.56. The van der Waals surface area contributed by atoms with Crippen molar-refractivity contribution in [2.75, 3.05) is 13.4 Å². The second-order valence-corrected chi connectivity index (χ2v) is 5.22. The van der Waals surface area contributed by atoms with Crippen molar-refractivity contribution < 1.29 is 9.53 Å². The predicted octanol–water partition coefficient (Wildman–Crippen LogP) is 3.17. The van der Waals surface area contributed by atoms with Crippen LogP contribution in [0.1, 0.15) is 11.6 Å². The molecule has 0 saturated carbocycles. The van der Waals surface area contributed by atoms with Gasteiger partial charge in [-0.1, -0.05) is 41.2 Å². The molecule has 2 rings (SSSR count). The third-order valence-corrected chi connectivity index (χ3v) is 4.09. The van der Waals surface area contributed by atoms with Gasteiger partial charge in [0.05, 0.1) is 0 Å². The van der Waals surface area contributed by atoms with E-state index in [2.05, 4.69) is 0 Å². The fourth-order valence-corrected chi connectivity index (χ4v) is 3.16. The molecule has 17 heavy (non-hydrogen) atoms. The maximum atomic E-state index is 11.7. The Morgan fingerprint density at radius 1 is 1.41 bits per heavy atom. The van der Waals surface area contributed by atoms with E-state index < -0.39 is 6.10 Å². The average Bonchev–Trinajstić information content (AvgIpc) is 2.28. The fourth-order valence-electron chi connectivity index (χ4n) is 1.90. The van der Waals surface area contributed by atoms with Gasteiger partial charge >= 0.3 is 0 Å². The summed E-state index contributed by atoms with van der Waals surface area (Å²) in [4.78, 5) is 11.7. The van der Waals surface area contributed by atoms with E-state index in [4.69, 9.17) is 27.9 Å². The van der Waals surface area contributed by atoms with Crippen LogP contribution in [0, 0.1) is 0 Å². The molecule has 3 nitrogen and oxygen atoms in total. The Kier molecular flexibility index (Phi) is 3.88. The number of nitrogens with zero attached hydrogens (tertiary/aromatic N) is 1. The number of rotatable bonds is 3. The Labute approximate surface area is 114 Å². The second kappa shape index (κ2) is 5.06. The first-order valence-corrected chi connectivity index (χ1v) is 6.88. The van der Waals surface area contributed by atoms with Gasteiger partial charge in [-0.3, -0.25) is 9.10 Å². The average molecular weight is 292 g/mol. The van der Waals surface area contributed by atoms with Crippen LogP contribution in [0.25, 0.3) is 0 Å². The molecule has 2 atom stereocenters. The molecule has 1 saturated heterocycles. The largest absolute Gasteiger partial charge is 0.369 e. The highest BCUT2D eigenvalue weighted by Crippen LogP contribution is 2.43. The van der Waals surface area contributed by atoms with E-state index in [1.807, 2.05) is 12.3 Å². The molecule has 1 amide bonds. The van der Waals surface area contributed by atoms with E-state index in [9.17, 15) is 4.79 Å². The van der Waals surface area contributed by atoms with Gasteiger partial charge in [0.15, 0.2) is 6.10 Å². The smallest absolute Gasteiger partial charge is 0.264 e. The van der Waals surface area contributed by atoms with E-state index in [1.165, 1.54) is 19.1 Å². The zero-order chi connectivity index (χ0) is 12.6. The maximum absolute atomic E-state index is 11.7. The van der Waals surface area contributed by atoms with Gasteiger partial charge in [-0.05, 0) is 17.7 Å². The molecular formula is C11H11Cl2NO2S. The molecule has 0 aromatic heterocycles. The number of methoxy groups -OCH3 is 1. The summed E-state index contributed by atoms with van der Waals surface area (Å²) in [7, 11) is 1.52. The van der Waals surface area contributed by atoms with E-state index >= 15 is 0 Å². The van der Waals surface area contributed by atoms with E-state index in [0.29, 0.717) is 10.0 Å². The van der Waals surface area contributed by atoms with Crippen molar-refractivity contribution in [2.24, 2.45) is 0 Å². The Morgan fingerprint density at radius 2 is 2.12 bits per heavy atom. The van der Waals surface area contributed by atoms with Gasteiger partial charge in [-0.2, -0.15) is 0 Å². The van der Waals surface area contributed by atoms with Gasteiger partial charge in [0, 0.05) is 23.4 Å². The van der Waals surface area contributed by atoms with Gasteiger partial charge in [-0.25, -0.2) is 0 Å². The van der Waals surface area contributed by atoms with Gasteiger partial charge < -0.3 is 4.74 Å². The van der Waals surface area contributed by atoms with Crippen molar-refractivity contribution in [1.29, 1.82) is 0 Å². The monoisotopic (exact) mass is 291 g/mol. The third kappa shape index (κ3) is 2.15. The number of carbonyl (C=O) groups is 1. The minimum Gasteiger partial charge on any atom is -0.369 e. The standard InChI is InChI=1S/C11H11Cl2NO2S/c1-16-10-9(14(17-2)11(10)15)7-4-3-6(12)5-8(7)13/h3-5,9-10H,1-2H3/t9-,10+/m0/s1. The summed E-state index contributed by atoms with van der Waals surface area (Å²) in [5, 5.41) is 1.13. The topological polar surface area (TPSA) is 29.5 Å². The highest BCUT2D eigenvalue weighted by Gasteiger charge is 2.49. The Balaban J connectivity index is 2.34. The minimum atomic E-state index is -0.457. The first-order valence-electron chi connectivity index (χ1n) is 4.95. The SMILES string of the molecule is CO[C@H]1C(=O)N(SC)[C@H]1c1ccc(Cl)cc1Cl. The maximum Gasteiger partial charge on any atom is 0.264 e. The van der Waals surface area contributed by atoms with Crippen LogP contribution in [0.5, 0.6) is 0 Å². The molecule has 0 unspecified atom stereocenters. The van der Waals surface area contributed by atoms with Crippen LogP contribution >= 0.6 is 35.1 Å². The van der Waals surface area contributed by atoms with Crippen LogP contribution in [-0.2, 0) is 9.53 Å². The number of halogens is 2. The lowest BCUT2D eigenvalue weighted by atomic mass is 9.94. The Bertz CT molecular complexity index is 441. The highest BCUT2D eigenvalue weighted by molar-refractivity contribution is 7.96. The molecule has 0 aliphatic carbocycles. The van der Waals surface area contributed by atoms with Crippen molar-refractivity contribution in [3.8, 4) is 0 Å². The van der Waals surface area contributed by atoms with Crippen LogP contribution in [0.2, 0.25) is 10.0 Å². The first kappa shape index (κ1) is 13.0. The molecule has 92 valence electrons. The van der Waals surface area contributed by atoms with Crippen LogP contribution in [0.4, 0.5) is 0 Å². The van der Waals surface area contributed by atoms with Crippen molar-refractivity contribution >= 4 is 41.1 Å². The summed E-state index contributed by atoms with van der Waals surface area (Å²) >= 11 is 13.4. The zero-order valence-electron chi connectivity index (χ0n) is 9.31. The number of amides is 1. The molecule has 1 heterocycles. The normalized spacial score (nSPS) is 23.8. The summed E-state index contributed by atoms with van der Waals surface area (Å²) in [5.41, 5.74) is 0.858. The van der Waals surface area contributed by atoms with Gasteiger partial charge in [0.25, 0.3) is 5.91 Å². The highest BCUT2D eigenvalue weighted by atomic mass is 35.5. The minimum absolute atomic E-state index is 0.0315. The Hall–Kier alpha value is -0.420. The number of hydrogen-bond donors (Lipinski definition) is 0. The summed E-state index contributed by atoms with van der Waals surface area (Å²) in [6.07, 6.45) is 1.39. The summed E-state index contributed by atoms with van der Waals surface area (Å²) in [6.45, 7) is 0. The number of β-lactam (4-membered cyclic amide) rings is 1. The number of benzene rings is 1. The molecule has 1 aromatic carbocycles. The zero-order valence-corrected chi connectivity index (χ0v) is 11.6. The van der Waals surface area contributed by atoms with Crippen molar-refractivity contribution in [1.82, 2.24) is 4.31 Å². The van der Waals surface area contributed by atoms with Gasteiger partial charge in [-0.15, -0.1) is 0 Å². The molecule has 0 spiro atoms. The third-order valence-electron chi connectivity index (χ3n) is 2.73. The number of carbonyl (C=O) groups excluding carboxylic acids is 1. The summed E-state index contributed by atoms with van der Waals surface area (Å²) < 4.78 is 6.84. The van der Waals surface area contributed by atoms with Gasteiger partial charge in [0.2, 0.25) is 0 Å². The molecule has 1 aliphatic rings. The van der Waals surface area contributed by atoms with E-state index in [1.54, 1.807) is 16.4 Å². The summed E-state index contributed by atoms with van der Waals surface area (Å²) in [5.74, 6) is -0.0315. The molecule has 0 radical (unpaired) electrons. The van der Waals surface area contributed by atoms with Crippen molar-refractivity contribution in [3.05, 3.63) is 33.8 Å². The van der Waals surface area contributed by atoms with Crippen LogP contribution in [-0.4, -0.2) is 29.7 Å². The second-order valence-electron chi connectivity index (χ2n) is 3.61. The Morgan fingerprint density at radius 3 is 2.65 bits per heavy atom. The van der Waals surface area contributed by atoms with Gasteiger partial charge in [0.1, 0.15) is 6.04 Å². The number of ether oxygens (including phenoxy) is 1. The number of hydrogen-bond acceptors (Lipinski definition) is 3. The summed E-state index contributed by atoms with van der Waals surface area (Å²) in [6, 6.07) is 5.12. The lowest BCUT2D eigenvalue weighted by molar-refractivity contribution is -0.158. The lowest BCUT2D eigenvalue weighted by Gasteiger charge is -2.44. The molecule has 0 N–H and O–H groups in total. The van der Waals surface area contributed by atoms with Crippen molar-refractivity contribution in [3.63, 3.8) is 0 Å². The molecule has 1 aliphatic heterocycles. The molecule has 1 aromatic rings. The molecule has 1 fully saturated rings. The van der Waals surface area contributed by atoms with Crippen LogP contribution in [0.3, 0.4) is 0 Å². The van der Waals surface area contributed by atoms with E-state index in [-0.39, 0.29) is 11.9 Å². The predicted molar refractivity (Wildman–Crippen MR) is 70.4 cm³/mol. The quantitative estimate of drug-likeness (QED) is 0.633. The molecule has 0 bridgehead atoms. The first-order chi connectivity index (χ1) is 8.10. The van der Waals surface area contributed by atoms with E-state index in [0.717, 1.165) is 5.56 Å².